The standard InChI is InChI=1S/C17H28N4/c1-3-17(4-2)7-9-21(10-8-17)16-13-19-15(12-20-16)11-18-14-5-6-14/h12-14,18H,3-11H2,1-2H3. The van der Waals surface area contributed by atoms with Gasteiger partial charge in [0.1, 0.15) is 5.82 Å². The number of rotatable bonds is 6. The molecule has 1 aliphatic carbocycles. The third kappa shape index (κ3) is 3.54. The van der Waals surface area contributed by atoms with Crippen LogP contribution in [0, 0.1) is 5.41 Å². The van der Waals surface area contributed by atoms with E-state index < -0.39 is 0 Å². The molecule has 2 aliphatic rings. The quantitative estimate of drug-likeness (QED) is 0.873. The Morgan fingerprint density at radius 2 is 1.86 bits per heavy atom. The van der Waals surface area contributed by atoms with Crippen molar-refractivity contribution in [2.75, 3.05) is 18.0 Å². The maximum atomic E-state index is 4.62. The summed E-state index contributed by atoms with van der Waals surface area (Å²) in [4.78, 5) is 11.6. The van der Waals surface area contributed by atoms with Crippen molar-refractivity contribution in [1.82, 2.24) is 15.3 Å². The molecule has 0 atom stereocenters. The predicted octanol–water partition coefficient (Wildman–Crippen LogP) is 3.14. The second-order valence-corrected chi connectivity index (χ2v) is 6.72. The van der Waals surface area contributed by atoms with Gasteiger partial charge in [-0.3, -0.25) is 4.98 Å². The van der Waals surface area contributed by atoms with E-state index in [0.29, 0.717) is 5.41 Å². The molecule has 1 saturated carbocycles. The highest BCUT2D eigenvalue weighted by molar-refractivity contribution is 5.36. The summed E-state index contributed by atoms with van der Waals surface area (Å²) < 4.78 is 0. The monoisotopic (exact) mass is 288 g/mol. The summed E-state index contributed by atoms with van der Waals surface area (Å²) in [6, 6.07) is 0.727. The molecule has 1 aliphatic heterocycles. The zero-order valence-electron chi connectivity index (χ0n) is 13.4. The smallest absolute Gasteiger partial charge is 0.147 e. The topological polar surface area (TPSA) is 41.1 Å². The summed E-state index contributed by atoms with van der Waals surface area (Å²) in [5.74, 6) is 1.05. The van der Waals surface area contributed by atoms with Crippen molar-refractivity contribution < 1.29 is 0 Å². The minimum Gasteiger partial charge on any atom is -0.355 e. The summed E-state index contributed by atoms with van der Waals surface area (Å²) in [5, 5.41) is 3.48. The highest BCUT2D eigenvalue weighted by atomic mass is 15.2. The van der Waals surface area contributed by atoms with Gasteiger partial charge in [-0.1, -0.05) is 26.7 Å². The summed E-state index contributed by atoms with van der Waals surface area (Å²) in [7, 11) is 0. The van der Waals surface area contributed by atoms with Crippen LogP contribution in [-0.4, -0.2) is 29.1 Å². The van der Waals surface area contributed by atoms with E-state index in [-0.39, 0.29) is 0 Å². The van der Waals surface area contributed by atoms with Gasteiger partial charge >= 0.3 is 0 Å². The van der Waals surface area contributed by atoms with Gasteiger partial charge in [0.25, 0.3) is 0 Å². The fourth-order valence-corrected chi connectivity index (χ4v) is 3.31. The number of hydrogen-bond acceptors (Lipinski definition) is 4. The van der Waals surface area contributed by atoms with Crippen LogP contribution in [0.25, 0.3) is 0 Å². The summed E-state index contributed by atoms with van der Waals surface area (Å²) in [6.07, 6.45) is 11.7. The molecule has 21 heavy (non-hydrogen) atoms. The lowest BCUT2D eigenvalue weighted by molar-refractivity contribution is 0.199. The first-order chi connectivity index (χ1) is 10.2. The molecule has 2 fully saturated rings. The Hall–Kier alpha value is -1.16. The first kappa shape index (κ1) is 14.8. The zero-order chi connectivity index (χ0) is 14.7. The molecule has 116 valence electrons. The molecule has 2 heterocycles. The molecule has 0 amide bonds. The van der Waals surface area contributed by atoms with Gasteiger partial charge < -0.3 is 10.2 Å². The Morgan fingerprint density at radius 3 is 2.38 bits per heavy atom. The van der Waals surface area contributed by atoms with Gasteiger partial charge in [0, 0.05) is 25.7 Å². The van der Waals surface area contributed by atoms with Crippen LogP contribution in [0.3, 0.4) is 0 Å². The lowest BCUT2D eigenvalue weighted by Gasteiger charge is -2.41. The number of hydrogen-bond donors (Lipinski definition) is 1. The van der Waals surface area contributed by atoms with Gasteiger partial charge in [-0.2, -0.15) is 0 Å². The highest BCUT2D eigenvalue weighted by Gasteiger charge is 2.31. The van der Waals surface area contributed by atoms with Gasteiger partial charge in [0.05, 0.1) is 18.1 Å². The summed E-state index contributed by atoms with van der Waals surface area (Å²) in [5.41, 5.74) is 1.62. The molecular formula is C17H28N4. The second kappa shape index (κ2) is 6.30. The third-order valence-corrected chi connectivity index (χ3v) is 5.49. The first-order valence-corrected chi connectivity index (χ1v) is 8.54. The molecule has 4 heteroatoms. The Labute approximate surface area is 128 Å². The molecule has 1 aromatic heterocycles. The normalized spacial score (nSPS) is 21.5. The third-order valence-electron chi connectivity index (χ3n) is 5.49. The molecule has 4 nitrogen and oxygen atoms in total. The molecule has 0 aromatic carbocycles. The number of nitrogens with one attached hydrogen (secondary N) is 1. The van der Waals surface area contributed by atoms with Crippen LogP contribution < -0.4 is 10.2 Å². The van der Waals surface area contributed by atoms with Crippen LogP contribution in [0.4, 0.5) is 5.82 Å². The average Bonchev–Trinajstić information content (AvgIpc) is 3.38. The van der Waals surface area contributed by atoms with Gasteiger partial charge in [-0.25, -0.2) is 4.98 Å². The van der Waals surface area contributed by atoms with E-state index in [4.69, 9.17) is 0 Å². The van der Waals surface area contributed by atoms with Crippen molar-refractivity contribution >= 4 is 5.82 Å². The van der Waals surface area contributed by atoms with Gasteiger partial charge in [0.2, 0.25) is 0 Å². The van der Waals surface area contributed by atoms with Gasteiger partial charge in [-0.15, -0.1) is 0 Å². The number of aromatic nitrogens is 2. The van der Waals surface area contributed by atoms with Crippen LogP contribution >= 0.6 is 0 Å². The van der Waals surface area contributed by atoms with E-state index in [1.807, 2.05) is 12.4 Å². The molecular weight excluding hydrogens is 260 g/mol. The van der Waals surface area contributed by atoms with Crippen molar-refractivity contribution in [1.29, 1.82) is 0 Å². The van der Waals surface area contributed by atoms with E-state index in [2.05, 4.69) is 34.0 Å². The van der Waals surface area contributed by atoms with E-state index in [1.54, 1.807) is 0 Å². The molecule has 0 unspecified atom stereocenters. The van der Waals surface area contributed by atoms with Gasteiger partial charge in [0.15, 0.2) is 0 Å². The Balaban J connectivity index is 1.54. The predicted molar refractivity (Wildman–Crippen MR) is 86.4 cm³/mol. The lowest BCUT2D eigenvalue weighted by atomic mass is 9.74. The molecule has 0 bridgehead atoms. The minimum absolute atomic E-state index is 0.568. The van der Waals surface area contributed by atoms with E-state index in [9.17, 15) is 0 Å². The van der Waals surface area contributed by atoms with Crippen LogP contribution in [0.5, 0.6) is 0 Å². The maximum Gasteiger partial charge on any atom is 0.147 e. The number of anilines is 1. The van der Waals surface area contributed by atoms with Crippen LogP contribution in [0.15, 0.2) is 12.4 Å². The highest BCUT2D eigenvalue weighted by Crippen LogP contribution is 2.38. The Kier molecular flexibility index (Phi) is 4.43. The maximum absolute atomic E-state index is 4.62. The Morgan fingerprint density at radius 1 is 1.14 bits per heavy atom. The van der Waals surface area contributed by atoms with Crippen LogP contribution in [-0.2, 0) is 6.54 Å². The average molecular weight is 288 g/mol. The van der Waals surface area contributed by atoms with Crippen LogP contribution in [0.1, 0.15) is 58.1 Å². The summed E-state index contributed by atoms with van der Waals surface area (Å²) >= 11 is 0. The molecule has 0 radical (unpaired) electrons. The van der Waals surface area contributed by atoms with Crippen molar-refractivity contribution in [3.8, 4) is 0 Å². The molecule has 1 aromatic rings. The molecule has 1 saturated heterocycles. The van der Waals surface area contributed by atoms with Crippen molar-refractivity contribution in [2.24, 2.45) is 5.41 Å². The number of piperidine rings is 1. The van der Waals surface area contributed by atoms with Crippen LogP contribution in [0.2, 0.25) is 0 Å². The number of nitrogens with zero attached hydrogens (tertiary/aromatic N) is 3. The minimum atomic E-state index is 0.568. The zero-order valence-corrected chi connectivity index (χ0v) is 13.4. The molecule has 3 rings (SSSR count). The summed E-state index contributed by atoms with van der Waals surface area (Å²) in [6.45, 7) is 7.76. The SMILES string of the molecule is CCC1(CC)CCN(c2cnc(CNC3CC3)cn2)CC1. The Bertz CT molecular complexity index is 438. The van der Waals surface area contributed by atoms with Crippen molar-refractivity contribution in [3.05, 3.63) is 18.1 Å². The van der Waals surface area contributed by atoms with E-state index in [1.165, 1.54) is 38.5 Å². The van der Waals surface area contributed by atoms with Crippen molar-refractivity contribution in [2.45, 2.75) is 65.0 Å². The fourth-order valence-electron chi connectivity index (χ4n) is 3.31. The van der Waals surface area contributed by atoms with Gasteiger partial charge in [-0.05, 0) is 31.1 Å². The largest absolute Gasteiger partial charge is 0.355 e. The molecule has 1 N–H and O–H groups in total. The second-order valence-electron chi connectivity index (χ2n) is 6.72. The van der Waals surface area contributed by atoms with E-state index >= 15 is 0 Å². The molecule has 0 spiro atoms. The first-order valence-electron chi connectivity index (χ1n) is 8.54. The van der Waals surface area contributed by atoms with E-state index in [0.717, 1.165) is 37.2 Å². The lowest BCUT2D eigenvalue weighted by Crippen LogP contribution is -2.40. The van der Waals surface area contributed by atoms with Crippen molar-refractivity contribution in [3.63, 3.8) is 0 Å². The fraction of sp³-hybridized carbons (Fsp3) is 0.765.